The molecule has 1 fully saturated rings. The van der Waals surface area contributed by atoms with Gasteiger partial charge in [0.25, 0.3) is 0 Å². The van der Waals surface area contributed by atoms with Gasteiger partial charge in [0.05, 0.1) is 32.9 Å². The number of alkyl carbamates (subject to hydrolysis) is 2. The monoisotopic (exact) mass is 362 g/mol. The van der Waals surface area contributed by atoms with Crippen molar-refractivity contribution < 1.29 is 28.6 Å². The second-order valence-corrected chi connectivity index (χ2v) is 6.60. The third-order valence-electron chi connectivity index (χ3n) is 3.71. The molecule has 2 N–H and O–H groups in total. The Kier molecular flexibility index (Phi) is 9.36. The van der Waals surface area contributed by atoms with Crippen LogP contribution < -0.4 is 10.6 Å². The van der Waals surface area contributed by atoms with E-state index in [1.165, 1.54) is 14.2 Å². The van der Waals surface area contributed by atoms with Crippen LogP contribution in [0.2, 0.25) is 0 Å². The molecule has 24 heavy (non-hydrogen) atoms. The molecule has 0 aromatic heterocycles. The summed E-state index contributed by atoms with van der Waals surface area (Å²) in [6, 6.07) is -0.472. The standard InChI is InChI=1S/C15H26N2O6S/c1-4-23-12(18)8-6-5-7-11-13(17-15(20)22-3)10(9-24-11)16-14(19)21-2/h10-11,13H,4-9H2,1-3H3,(H,16,19)(H,17,20)/t10-,11-,13-/m1/s1. The average Bonchev–Trinajstić information content (AvgIpc) is 2.93. The minimum absolute atomic E-state index is 0.133. The second kappa shape index (κ2) is 11.0. The summed E-state index contributed by atoms with van der Waals surface area (Å²) in [5.41, 5.74) is 0. The van der Waals surface area contributed by atoms with Crippen LogP contribution >= 0.6 is 11.8 Å². The third kappa shape index (κ3) is 6.86. The predicted octanol–water partition coefficient (Wildman–Crippen LogP) is 1.67. The summed E-state index contributed by atoms with van der Waals surface area (Å²) in [7, 11) is 2.60. The molecule has 0 bridgehead atoms. The zero-order chi connectivity index (χ0) is 17.9. The molecule has 138 valence electrons. The van der Waals surface area contributed by atoms with Crippen molar-refractivity contribution in [1.82, 2.24) is 10.6 Å². The Morgan fingerprint density at radius 1 is 1.08 bits per heavy atom. The highest BCUT2D eigenvalue weighted by molar-refractivity contribution is 8.00. The van der Waals surface area contributed by atoms with Gasteiger partial charge in [0.1, 0.15) is 0 Å². The van der Waals surface area contributed by atoms with Gasteiger partial charge in [0.2, 0.25) is 0 Å². The normalized spacial score (nSPS) is 22.5. The number of carbonyl (C=O) groups is 3. The molecular formula is C15H26N2O6S. The first-order valence-electron chi connectivity index (χ1n) is 7.98. The van der Waals surface area contributed by atoms with Gasteiger partial charge in [-0.2, -0.15) is 11.8 Å². The maximum atomic E-state index is 11.6. The van der Waals surface area contributed by atoms with Crippen LogP contribution in [0.3, 0.4) is 0 Å². The molecule has 9 heteroatoms. The van der Waals surface area contributed by atoms with Crippen LogP contribution in [-0.4, -0.2) is 62.1 Å². The van der Waals surface area contributed by atoms with Crippen LogP contribution in [0, 0.1) is 0 Å². The van der Waals surface area contributed by atoms with Crippen LogP contribution in [0.15, 0.2) is 0 Å². The van der Waals surface area contributed by atoms with E-state index in [4.69, 9.17) is 4.74 Å². The van der Waals surface area contributed by atoms with Gasteiger partial charge >= 0.3 is 18.2 Å². The Bertz CT molecular complexity index is 434. The Labute approximate surface area is 146 Å². The summed E-state index contributed by atoms with van der Waals surface area (Å²) in [6.45, 7) is 2.17. The molecule has 1 heterocycles. The van der Waals surface area contributed by atoms with Crippen molar-refractivity contribution in [1.29, 1.82) is 0 Å². The topological polar surface area (TPSA) is 103 Å². The molecule has 8 nitrogen and oxygen atoms in total. The first-order chi connectivity index (χ1) is 11.5. The van der Waals surface area contributed by atoms with Crippen molar-refractivity contribution in [3.8, 4) is 0 Å². The van der Waals surface area contributed by atoms with Gasteiger partial charge in [-0.15, -0.1) is 0 Å². The van der Waals surface area contributed by atoms with Crippen LogP contribution in [0.25, 0.3) is 0 Å². The molecular weight excluding hydrogens is 336 g/mol. The highest BCUT2D eigenvalue weighted by atomic mass is 32.2. The second-order valence-electron chi connectivity index (χ2n) is 5.33. The SMILES string of the molecule is CCOC(=O)CCCC[C@H]1SC[C@@H](NC(=O)OC)[C@H]1NC(=O)OC. The molecule has 1 aliphatic rings. The van der Waals surface area contributed by atoms with Gasteiger partial charge in [-0.3, -0.25) is 4.79 Å². The van der Waals surface area contributed by atoms with Gasteiger partial charge < -0.3 is 24.8 Å². The number of unbranched alkanes of at least 4 members (excludes halogenated alkanes) is 1. The highest BCUT2D eigenvalue weighted by Crippen LogP contribution is 2.31. The average molecular weight is 362 g/mol. The molecule has 0 aromatic rings. The van der Waals surface area contributed by atoms with Gasteiger partial charge in [-0.05, 0) is 19.8 Å². The number of ether oxygens (including phenoxy) is 3. The molecule has 0 spiro atoms. The Balaban J connectivity index is 2.49. The number of carbonyl (C=O) groups excluding carboxylic acids is 3. The summed E-state index contributed by atoms with van der Waals surface area (Å²) < 4.78 is 14.2. The Morgan fingerprint density at radius 3 is 2.38 bits per heavy atom. The lowest BCUT2D eigenvalue weighted by Crippen LogP contribution is -2.53. The molecule has 1 rings (SSSR count). The largest absolute Gasteiger partial charge is 0.466 e. The van der Waals surface area contributed by atoms with E-state index < -0.39 is 12.2 Å². The minimum Gasteiger partial charge on any atom is -0.466 e. The lowest BCUT2D eigenvalue weighted by molar-refractivity contribution is -0.143. The minimum atomic E-state index is -0.532. The molecule has 0 unspecified atom stereocenters. The first-order valence-corrected chi connectivity index (χ1v) is 9.02. The zero-order valence-corrected chi connectivity index (χ0v) is 15.1. The Hall–Kier alpha value is -1.64. The van der Waals surface area contributed by atoms with Crippen LogP contribution in [-0.2, 0) is 19.0 Å². The quantitative estimate of drug-likeness (QED) is 0.385. The van der Waals surface area contributed by atoms with Crippen molar-refractivity contribution in [2.45, 2.75) is 49.9 Å². The fourth-order valence-corrected chi connectivity index (χ4v) is 4.08. The van der Waals surface area contributed by atoms with Crippen molar-refractivity contribution in [3.05, 3.63) is 0 Å². The van der Waals surface area contributed by atoms with Gasteiger partial charge in [-0.25, -0.2) is 9.59 Å². The van der Waals surface area contributed by atoms with Gasteiger partial charge in [0.15, 0.2) is 0 Å². The van der Waals surface area contributed by atoms with Crippen LogP contribution in [0.4, 0.5) is 9.59 Å². The molecule has 1 saturated heterocycles. The summed E-state index contributed by atoms with van der Waals surface area (Å²) in [5.74, 6) is 0.484. The van der Waals surface area contributed by atoms with Gasteiger partial charge in [0, 0.05) is 17.4 Å². The van der Waals surface area contributed by atoms with E-state index in [1.807, 2.05) is 0 Å². The Morgan fingerprint density at radius 2 is 1.75 bits per heavy atom. The summed E-state index contributed by atoms with van der Waals surface area (Å²) >= 11 is 1.68. The lowest BCUT2D eigenvalue weighted by Gasteiger charge is -2.24. The zero-order valence-electron chi connectivity index (χ0n) is 14.3. The van der Waals surface area contributed by atoms with Crippen molar-refractivity contribution in [2.75, 3.05) is 26.6 Å². The van der Waals surface area contributed by atoms with E-state index in [0.29, 0.717) is 18.8 Å². The van der Waals surface area contributed by atoms with Crippen LogP contribution in [0.1, 0.15) is 32.6 Å². The van der Waals surface area contributed by atoms with E-state index in [0.717, 1.165) is 19.3 Å². The van der Waals surface area contributed by atoms with E-state index >= 15 is 0 Å². The number of esters is 1. The van der Waals surface area contributed by atoms with Crippen molar-refractivity contribution in [2.24, 2.45) is 0 Å². The number of hydrogen-bond donors (Lipinski definition) is 2. The number of nitrogens with one attached hydrogen (secondary N) is 2. The molecule has 0 aromatic carbocycles. The fourth-order valence-electron chi connectivity index (χ4n) is 2.53. The van der Waals surface area contributed by atoms with E-state index in [1.54, 1.807) is 18.7 Å². The number of methoxy groups -OCH3 is 2. The van der Waals surface area contributed by atoms with E-state index in [9.17, 15) is 14.4 Å². The molecule has 0 radical (unpaired) electrons. The van der Waals surface area contributed by atoms with Crippen LogP contribution in [0.5, 0.6) is 0 Å². The van der Waals surface area contributed by atoms with E-state index in [-0.39, 0.29) is 23.3 Å². The van der Waals surface area contributed by atoms with Crippen molar-refractivity contribution >= 4 is 29.9 Å². The molecule has 0 saturated carbocycles. The first kappa shape index (κ1) is 20.4. The molecule has 1 aliphatic heterocycles. The highest BCUT2D eigenvalue weighted by Gasteiger charge is 2.38. The molecule has 3 atom stereocenters. The number of hydrogen-bond acceptors (Lipinski definition) is 7. The third-order valence-corrected chi connectivity index (χ3v) is 5.22. The van der Waals surface area contributed by atoms with Crippen molar-refractivity contribution in [3.63, 3.8) is 0 Å². The summed E-state index contributed by atoms with van der Waals surface area (Å²) in [6.07, 6.45) is 1.72. The van der Waals surface area contributed by atoms with Gasteiger partial charge in [-0.1, -0.05) is 6.42 Å². The summed E-state index contributed by atoms with van der Waals surface area (Å²) in [5, 5.41) is 5.65. The maximum absolute atomic E-state index is 11.6. The number of amides is 2. The molecule has 0 aliphatic carbocycles. The number of rotatable bonds is 8. The predicted molar refractivity (Wildman–Crippen MR) is 90.0 cm³/mol. The fraction of sp³-hybridized carbons (Fsp3) is 0.800. The van der Waals surface area contributed by atoms with E-state index in [2.05, 4.69) is 20.1 Å². The maximum Gasteiger partial charge on any atom is 0.407 e. The number of thioether (sulfide) groups is 1. The summed E-state index contributed by atoms with van der Waals surface area (Å²) in [4.78, 5) is 34.3. The smallest absolute Gasteiger partial charge is 0.407 e. The molecule has 2 amide bonds. The lowest BCUT2D eigenvalue weighted by atomic mass is 10.0.